The molecule has 3 N–H and O–H groups in total. The van der Waals surface area contributed by atoms with Crippen LogP contribution in [0.2, 0.25) is 0 Å². The van der Waals surface area contributed by atoms with E-state index in [9.17, 15) is 26.4 Å². The fourth-order valence-electron chi connectivity index (χ4n) is 3.22. The Morgan fingerprint density at radius 2 is 1.74 bits per heavy atom. The maximum absolute atomic E-state index is 13.3. The van der Waals surface area contributed by atoms with Gasteiger partial charge in [-0.2, -0.15) is 22.5 Å². The van der Waals surface area contributed by atoms with Gasteiger partial charge in [0.1, 0.15) is 11.4 Å². The number of likely N-dealkylation sites (N-methyl/N-ethyl adjacent to an activating group) is 1. The van der Waals surface area contributed by atoms with Crippen LogP contribution in [-0.2, 0) is 21.0 Å². The number of hydrogen-bond donors (Lipinski definition) is 3. The SMILES string of the molecule is CC(=O)NCCNc1nc(Nc2ccc(S(=O)(=O)N3CCN(C)CC3)cc2)ncc1C(F)(F)F. The number of carbonyl (C=O) groups excluding carboxylic acids is 1. The van der Waals surface area contributed by atoms with Crippen molar-refractivity contribution in [2.45, 2.75) is 18.0 Å². The fourth-order valence-corrected chi connectivity index (χ4v) is 4.64. The van der Waals surface area contributed by atoms with Crippen molar-refractivity contribution in [1.82, 2.24) is 24.5 Å². The molecule has 1 amide bonds. The van der Waals surface area contributed by atoms with E-state index in [0.29, 0.717) is 38.1 Å². The van der Waals surface area contributed by atoms with E-state index in [1.807, 2.05) is 11.9 Å². The molecule has 2 aromatic rings. The molecule has 0 spiro atoms. The molecule has 10 nitrogen and oxygen atoms in total. The Kier molecular flexibility index (Phi) is 7.94. The Hall–Kier alpha value is -2.97. The maximum Gasteiger partial charge on any atom is 0.421 e. The number of aromatic nitrogens is 2. The smallest absolute Gasteiger partial charge is 0.368 e. The van der Waals surface area contributed by atoms with Crippen LogP contribution in [0.25, 0.3) is 0 Å². The average Bonchev–Trinajstić information content (AvgIpc) is 2.77. The number of piperazine rings is 1. The van der Waals surface area contributed by atoms with Gasteiger partial charge in [-0.3, -0.25) is 4.79 Å². The van der Waals surface area contributed by atoms with Gasteiger partial charge >= 0.3 is 6.18 Å². The highest BCUT2D eigenvalue weighted by Gasteiger charge is 2.35. The van der Waals surface area contributed by atoms with Crippen LogP contribution in [0, 0.1) is 0 Å². The van der Waals surface area contributed by atoms with Gasteiger partial charge in [-0.25, -0.2) is 13.4 Å². The van der Waals surface area contributed by atoms with Crippen LogP contribution in [0.1, 0.15) is 12.5 Å². The lowest BCUT2D eigenvalue weighted by atomic mass is 10.3. The molecule has 34 heavy (non-hydrogen) atoms. The first-order valence-corrected chi connectivity index (χ1v) is 11.9. The number of sulfonamides is 1. The molecule has 0 unspecified atom stereocenters. The van der Waals surface area contributed by atoms with Crippen molar-refractivity contribution in [3.05, 3.63) is 36.0 Å². The molecule has 1 aromatic carbocycles. The van der Waals surface area contributed by atoms with Gasteiger partial charge in [-0.05, 0) is 31.3 Å². The predicted octanol–water partition coefficient (Wildman–Crippen LogP) is 1.72. The standard InChI is InChI=1S/C20H26F3N7O3S/c1-14(31)24-7-8-25-18-17(20(21,22)23)13-26-19(28-18)27-15-3-5-16(6-4-15)34(32,33)30-11-9-29(2)10-12-30/h3-6,13H,7-12H2,1-2H3,(H,24,31)(H2,25,26,27,28). The van der Waals surface area contributed by atoms with E-state index in [1.54, 1.807) is 0 Å². The van der Waals surface area contributed by atoms with Gasteiger partial charge in [0.2, 0.25) is 21.9 Å². The van der Waals surface area contributed by atoms with E-state index in [1.165, 1.54) is 35.5 Å². The van der Waals surface area contributed by atoms with Crippen LogP contribution < -0.4 is 16.0 Å². The molecule has 0 aliphatic carbocycles. The van der Waals surface area contributed by atoms with Gasteiger partial charge in [0.05, 0.1) is 4.90 Å². The summed E-state index contributed by atoms with van der Waals surface area (Å²) in [6.45, 7) is 3.53. The summed E-state index contributed by atoms with van der Waals surface area (Å²) in [6.07, 6.45) is -4.02. The van der Waals surface area contributed by atoms with Crippen molar-refractivity contribution in [2.24, 2.45) is 0 Å². The topological polar surface area (TPSA) is 120 Å². The highest BCUT2D eigenvalue weighted by Crippen LogP contribution is 2.34. The minimum Gasteiger partial charge on any atom is -0.368 e. The van der Waals surface area contributed by atoms with Crippen LogP contribution in [0.15, 0.2) is 35.4 Å². The van der Waals surface area contributed by atoms with Crippen molar-refractivity contribution in [3.8, 4) is 0 Å². The number of halogens is 3. The van der Waals surface area contributed by atoms with E-state index >= 15 is 0 Å². The maximum atomic E-state index is 13.3. The summed E-state index contributed by atoms with van der Waals surface area (Å²) in [5.41, 5.74) is -0.643. The summed E-state index contributed by atoms with van der Waals surface area (Å²) in [4.78, 5) is 20.7. The van der Waals surface area contributed by atoms with E-state index in [0.717, 1.165) is 0 Å². The first-order valence-electron chi connectivity index (χ1n) is 10.4. The summed E-state index contributed by atoms with van der Waals surface area (Å²) >= 11 is 0. The largest absolute Gasteiger partial charge is 0.421 e. The van der Waals surface area contributed by atoms with Crippen LogP contribution in [0.3, 0.4) is 0 Å². The summed E-state index contributed by atoms with van der Waals surface area (Å²) in [7, 11) is -1.71. The minimum absolute atomic E-state index is 0.0258. The number of hydrogen-bond acceptors (Lipinski definition) is 8. The third kappa shape index (κ3) is 6.55. The predicted molar refractivity (Wildman–Crippen MR) is 120 cm³/mol. The number of nitrogens with zero attached hydrogens (tertiary/aromatic N) is 4. The minimum atomic E-state index is -4.67. The zero-order chi connectivity index (χ0) is 24.9. The molecule has 186 valence electrons. The summed E-state index contributed by atoms with van der Waals surface area (Å²) in [5, 5.41) is 7.81. The van der Waals surface area contributed by atoms with Crippen LogP contribution in [0.5, 0.6) is 0 Å². The zero-order valence-corrected chi connectivity index (χ0v) is 19.5. The van der Waals surface area contributed by atoms with Gasteiger partial charge < -0.3 is 20.9 Å². The van der Waals surface area contributed by atoms with E-state index < -0.39 is 27.6 Å². The molecule has 0 atom stereocenters. The molecule has 1 aliphatic heterocycles. The van der Waals surface area contributed by atoms with Crippen LogP contribution in [0.4, 0.5) is 30.6 Å². The number of carbonyl (C=O) groups is 1. The zero-order valence-electron chi connectivity index (χ0n) is 18.7. The number of nitrogens with one attached hydrogen (secondary N) is 3. The molecular weight excluding hydrogens is 475 g/mol. The highest BCUT2D eigenvalue weighted by atomic mass is 32.2. The summed E-state index contributed by atoms with van der Waals surface area (Å²) in [5.74, 6) is -0.852. The van der Waals surface area contributed by atoms with Gasteiger partial charge in [0.25, 0.3) is 0 Å². The second-order valence-electron chi connectivity index (χ2n) is 7.72. The third-order valence-electron chi connectivity index (χ3n) is 5.10. The normalized spacial score (nSPS) is 15.7. The summed E-state index contributed by atoms with van der Waals surface area (Å²) < 4.78 is 67.0. The first-order chi connectivity index (χ1) is 16.0. The molecule has 0 bridgehead atoms. The van der Waals surface area contributed by atoms with Gasteiger partial charge in [-0.1, -0.05) is 0 Å². The molecule has 0 radical (unpaired) electrons. The Bertz CT molecular complexity index is 1100. The Labute approximate surface area is 195 Å². The van der Waals surface area contributed by atoms with Crippen LogP contribution >= 0.6 is 0 Å². The fraction of sp³-hybridized carbons (Fsp3) is 0.450. The number of amides is 1. The number of alkyl halides is 3. The van der Waals surface area contributed by atoms with Crippen molar-refractivity contribution in [3.63, 3.8) is 0 Å². The van der Waals surface area contributed by atoms with Crippen molar-refractivity contribution < 1.29 is 26.4 Å². The number of benzene rings is 1. The highest BCUT2D eigenvalue weighted by molar-refractivity contribution is 7.89. The first kappa shape index (κ1) is 25.6. The monoisotopic (exact) mass is 501 g/mol. The van der Waals surface area contributed by atoms with Crippen molar-refractivity contribution in [2.75, 3.05) is 56.9 Å². The van der Waals surface area contributed by atoms with E-state index in [-0.39, 0.29) is 29.8 Å². The molecule has 1 saturated heterocycles. The molecule has 1 aromatic heterocycles. The second-order valence-corrected chi connectivity index (χ2v) is 9.66. The van der Waals surface area contributed by atoms with E-state index in [4.69, 9.17) is 0 Å². The van der Waals surface area contributed by atoms with Gasteiger partial charge in [0.15, 0.2) is 0 Å². The van der Waals surface area contributed by atoms with Crippen molar-refractivity contribution >= 4 is 33.4 Å². The molecule has 1 fully saturated rings. The second kappa shape index (κ2) is 10.5. The summed E-state index contributed by atoms with van der Waals surface area (Å²) in [6, 6.07) is 5.83. The number of anilines is 3. The molecular formula is C20H26F3N7O3S. The Morgan fingerprint density at radius 3 is 2.32 bits per heavy atom. The van der Waals surface area contributed by atoms with Crippen LogP contribution in [-0.4, -0.2) is 79.8 Å². The molecule has 14 heteroatoms. The third-order valence-corrected chi connectivity index (χ3v) is 7.01. The van der Waals surface area contributed by atoms with Gasteiger partial charge in [-0.15, -0.1) is 0 Å². The molecule has 1 aliphatic rings. The molecule has 2 heterocycles. The Balaban J connectivity index is 1.73. The lowest BCUT2D eigenvalue weighted by Gasteiger charge is -2.31. The molecule has 0 saturated carbocycles. The Morgan fingerprint density at radius 1 is 1.09 bits per heavy atom. The quantitative estimate of drug-likeness (QED) is 0.468. The molecule has 3 rings (SSSR count). The average molecular weight is 502 g/mol. The van der Waals surface area contributed by atoms with E-state index in [2.05, 4.69) is 25.9 Å². The van der Waals surface area contributed by atoms with Crippen molar-refractivity contribution in [1.29, 1.82) is 0 Å². The lowest BCUT2D eigenvalue weighted by molar-refractivity contribution is -0.137. The van der Waals surface area contributed by atoms with Gasteiger partial charge in [0, 0.05) is 58.1 Å². The number of rotatable bonds is 8. The lowest BCUT2D eigenvalue weighted by Crippen LogP contribution is -2.46.